The molecule has 0 bridgehead atoms. The molecule has 1 aromatic rings. The number of hydrazone groups is 1. The van der Waals surface area contributed by atoms with Crippen LogP contribution < -0.4 is 5.43 Å². The molecule has 0 radical (unpaired) electrons. The van der Waals surface area contributed by atoms with Crippen LogP contribution in [-0.2, 0) is 11.3 Å². The van der Waals surface area contributed by atoms with Crippen molar-refractivity contribution < 1.29 is 4.79 Å². The van der Waals surface area contributed by atoms with Crippen LogP contribution >= 0.6 is 0 Å². The van der Waals surface area contributed by atoms with E-state index < -0.39 is 0 Å². The Morgan fingerprint density at radius 2 is 1.72 bits per heavy atom. The van der Waals surface area contributed by atoms with Crippen LogP contribution in [0.1, 0.15) is 41.7 Å². The maximum absolute atomic E-state index is 11.0. The molecule has 0 amide bonds. The minimum absolute atomic E-state index is 0.00418. The summed E-state index contributed by atoms with van der Waals surface area (Å²) in [6.07, 6.45) is 0. The Hall–Kier alpha value is -1.64. The number of carbonyl (C=O) groups excluding carboxylic acids is 1. The predicted molar refractivity (Wildman–Crippen MR) is 76.0 cm³/mol. The van der Waals surface area contributed by atoms with Crippen LogP contribution in [0, 0.1) is 27.7 Å². The van der Waals surface area contributed by atoms with E-state index in [0.29, 0.717) is 12.3 Å². The zero-order valence-corrected chi connectivity index (χ0v) is 12.1. The highest BCUT2D eigenvalue weighted by Crippen LogP contribution is 2.20. The third-order valence-corrected chi connectivity index (χ3v) is 3.61. The number of rotatable bonds is 4. The smallest absolute Gasteiger partial charge is 0.175 e. The molecule has 1 N–H and O–H groups in total. The lowest BCUT2D eigenvalue weighted by Gasteiger charge is -2.14. The van der Waals surface area contributed by atoms with Crippen molar-refractivity contribution in [2.45, 2.75) is 48.1 Å². The summed E-state index contributed by atoms with van der Waals surface area (Å²) in [7, 11) is 0. The van der Waals surface area contributed by atoms with Crippen LogP contribution in [0.4, 0.5) is 0 Å². The summed E-state index contributed by atoms with van der Waals surface area (Å²) >= 11 is 0. The number of hydrogen-bond donors (Lipinski definition) is 1. The molecular formula is C15H22N2O. The average molecular weight is 246 g/mol. The first-order valence-corrected chi connectivity index (χ1v) is 6.19. The quantitative estimate of drug-likeness (QED) is 0.655. The van der Waals surface area contributed by atoms with Crippen molar-refractivity contribution >= 4 is 11.5 Å². The SMILES string of the molecule is CC(=O)/C(C)=N\NCc1cc(C)c(C)c(C)c1C. The van der Waals surface area contributed by atoms with E-state index in [1.54, 1.807) is 6.92 Å². The van der Waals surface area contributed by atoms with Gasteiger partial charge in [0, 0.05) is 6.92 Å². The largest absolute Gasteiger partial charge is 0.305 e. The standard InChI is InChI=1S/C15H22N2O/c1-9-7-15(12(4)11(3)10(9)2)8-16-17-13(5)14(6)18/h7,16H,8H2,1-6H3/b17-13-. The van der Waals surface area contributed by atoms with Gasteiger partial charge in [0.1, 0.15) is 0 Å². The molecule has 98 valence electrons. The second-order valence-corrected chi connectivity index (χ2v) is 4.82. The van der Waals surface area contributed by atoms with Gasteiger partial charge in [0.15, 0.2) is 5.78 Å². The fourth-order valence-electron chi connectivity index (χ4n) is 1.80. The zero-order chi connectivity index (χ0) is 13.9. The lowest BCUT2D eigenvalue weighted by atomic mass is 9.95. The Kier molecular flexibility index (Phi) is 4.65. The molecule has 0 atom stereocenters. The van der Waals surface area contributed by atoms with Crippen LogP contribution in [0.25, 0.3) is 0 Å². The highest BCUT2D eigenvalue weighted by atomic mass is 16.1. The maximum atomic E-state index is 11.0. The number of ketones is 1. The van der Waals surface area contributed by atoms with Crippen LogP contribution in [0.5, 0.6) is 0 Å². The summed E-state index contributed by atoms with van der Waals surface area (Å²) in [5, 5.41) is 4.06. The molecular weight excluding hydrogens is 224 g/mol. The second kappa shape index (κ2) is 5.80. The van der Waals surface area contributed by atoms with Gasteiger partial charge in [0.2, 0.25) is 0 Å². The van der Waals surface area contributed by atoms with Crippen molar-refractivity contribution in [2.24, 2.45) is 5.10 Å². The normalized spacial score (nSPS) is 11.6. The van der Waals surface area contributed by atoms with E-state index in [1.165, 1.54) is 34.7 Å². The molecule has 0 unspecified atom stereocenters. The van der Waals surface area contributed by atoms with Crippen molar-refractivity contribution in [3.8, 4) is 0 Å². The van der Waals surface area contributed by atoms with Gasteiger partial charge in [0.05, 0.1) is 12.3 Å². The molecule has 0 fully saturated rings. The van der Waals surface area contributed by atoms with Gasteiger partial charge in [-0.05, 0) is 62.4 Å². The Bertz CT molecular complexity index is 502. The Balaban J connectivity index is 2.87. The Labute approximate surface area is 109 Å². The summed E-state index contributed by atoms with van der Waals surface area (Å²) in [6.45, 7) is 12.4. The van der Waals surface area contributed by atoms with Gasteiger partial charge in [-0.15, -0.1) is 0 Å². The van der Waals surface area contributed by atoms with E-state index in [9.17, 15) is 4.79 Å². The fourth-order valence-corrected chi connectivity index (χ4v) is 1.80. The molecule has 0 aliphatic carbocycles. The van der Waals surface area contributed by atoms with Gasteiger partial charge in [-0.1, -0.05) is 6.07 Å². The van der Waals surface area contributed by atoms with Crippen LogP contribution in [0.3, 0.4) is 0 Å². The van der Waals surface area contributed by atoms with E-state index in [2.05, 4.69) is 44.3 Å². The van der Waals surface area contributed by atoms with E-state index in [-0.39, 0.29) is 5.78 Å². The topological polar surface area (TPSA) is 41.5 Å². The van der Waals surface area contributed by atoms with Crippen molar-refractivity contribution in [3.05, 3.63) is 33.9 Å². The van der Waals surface area contributed by atoms with Crippen LogP contribution in [0.15, 0.2) is 11.2 Å². The minimum atomic E-state index is -0.00418. The van der Waals surface area contributed by atoms with Crippen molar-refractivity contribution in [1.82, 2.24) is 5.43 Å². The van der Waals surface area contributed by atoms with Gasteiger partial charge >= 0.3 is 0 Å². The van der Waals surface area contributed by atoms with Crippen LogP contribution in [-0.4, -0.2) is 11.5 Å². The van der Waals surface area contributed by atoms with Gasteiger partial charge < -0.3 is 5.43 Å². The summed E-state index contributed by atoms with van der Waals surface area (Å²) < 4.78 is 0. The van der Waals surface area contributed by atoms with E-state index in [4.69, 9.17) is 0 Å². The molecule has 0 aliphatic heterocycles. The first kappa shape index (κ1) is 14.4. The first-order valence-electron chi connectivity index (χ1n) is 6.19. The lowest BCUT2D eigenvalue weighted by molar-refractivity contribution is -0.111. The highest BCUT2D eigenvalue weighted by molar-refractivity contribution is 6.37. The van der Waals surface area contributed by atoms with E-state index in [0.717, 1.165) is 0 Å². The van der Waals surface area contributed by atoms with Gasteiger partial charge in [-0.3, -0.25) is 4.79 Å². The van der Waals surface area contributed by atoms with Crippen molar-refractivity contribution in [1.29, 1.82) is 0 Å². The van der Waals surface area contributed by atoms with Gasteiger partial charge in [-0.2, -0.15) is 5.10 Å². The summed E-state index contributed by atoms with van der Waals surface area (Å²) in [5.41, 5.74) is 9.97. The molecule has 3 nitrogen and oxygen atoms in total. The second-order valence-electron chi connectivity index (χ2n) is 4.82. The monoisotopic (exact) mass is 246 g/mol. The summed E-state index contributed by atoms with van der Waals surface area (Å²) in [5.74, 6) is -0.00418. The average Bonchev–Trinajstić information content (AvgIpc) is 2.32. The number of carbonyl (C=O) groups is 1. The lowest BCUT2D eigenvalue weighted by Crippen LogP contribution is -2.14. The number of aryl methyl sites for hydroxylation is 1. The summed E-state index contributed by atoms with van der Waals surface area (Å²) in [4.78, 5) is 11.0. The minimum Gasteiger partial charge on any atom is -0.305 e. The summed E-state index contributed by atoms with van der Waals surface area (Å²) in [6, 6.07) is 2.18. The molecule has 18 heavy (non-hydrogen) atoms. The molecule has 3 heteroatoms. The number of hydrogen-bond acceptors (Lipinski definition) is 3. The van der Waals surface area contributed by atoms with E-state index >= 15 is 0 Å². The molecule has 0 heterocycles. The van der Waals surface area contributed by atoms with Gasteiger partial charge in [0.25, 0.3) is 0 Å². The zero-order valence-electron chi connectivity index (χ0n) is 12.1. The molecule has 0 aliphatic rings. The number of Topliss-reactive ketones (excluding diaryl/α,β-unsaturated/α-hetero) is 1. The first-order chi connectivity index (χ1) is 8.34. The van der Waals surface area contributed by atoms with Crippen LogP contribution in [0.2, 0.25) is 0 Å². The van der Waals surface area contributed by atoms with E-state index in [1.807, 2.05) is 0 Å². The van der Waals surface area contributed by atoms with Crippen molar-refractivity contribution in [2.75, 3.05) is 0 Å². The van der Waals surface area contributed by atoms with Gasteiger partial charge in [-0.25, -0.2) is 0 Å². The molecule has 0 saturated heterocycles. The molecule has 1 aromatic carbocycles. The number of nitrogens with zero attached hydrogens (tertiary/aromatic N) is 1. The number of nitrogens with one attached hydrogen (secondary N) is 1. The Morgan fingerprint density at radius 3 is 2.28 bits per heavy atom. The molecule has 0 spiro atoms. The third-order valence-electron chi connectivity index (χ3n) is 3.61. The molecule has 1 rings (SSSR count). The predicted octanol–water partition coefficient (Wildman–Crippen LogP) is 2.97. The maximum Gasteiger partial charge on any atom is 0.175 e. The third kappa shape index (κ3) is 3.19. The molecule has 0 aromatic heterocycles. The Morgan fingerprint density at radius 1 is 1.11 bits per heavy atom. The molecule has 0 saturated carbocycles. The van der Waals surface area contributed by atoms with Crippen molar-refractivity contribution in [3.63, 3.8) is 0 Å². The fraction of sp³-hybridized carbons (Fsp3) is 0.467. The highest BCUT2D eigenvalue weighted by Gasteiger charge is 2.06. The number of benzene rings is 1.